The second-order valence-electron chi connectivity index (χ2n) is 4.76. The Balaban J connectivity index is 4.07. The van der Waals surface area contributed by atoms with Crippen molar-refractivity contribution in [1.82, 2.24) is 5.32 Å². The molecule has 0 saturated carbocycles. The summed E-state index contributed by atoms with van der Waals surface area (Å²) in [5.74, 6) is 0. The van der Waals surface area contributed by atoms with Gasteiger partial charge in [-0.1, -0.05) is 0 Å². The lowest BCUT2D eigenvalue weighted by Gasteiger charge is -2.36. The van der Waals surface area contributed by atoms with E-state index in [-0.39, 0.29) is 11.1 Å². The molecule has 0 atom stereocenters. The molecule has 3 heteroatoms. The van der Waals surface area contributed by atoms with Crippen molar-refractivity contribution < 1.29 is 9.47 Å². The Hall–Kier alpha value is -0.120. The van der Waals surface area contributed by atoms with E-state index in [9.17, 15) is 0 Å². The molecule has 0 aliphatic carbocycles. The number of ether oxygens (including phenoxy) is 2. The van der Waals surface area contributed by atoms with Gasteiger partial charge in [-0.3, -0.25) is 0 Å². The second-order valence-corrected chi connectivity index (χ2v) is 4.76. The molecule has 0 amide bonds. The zero-order chi connectivity index (χ0) is 10.5. The summed E-state index contributed by atoms with van der Waals surface area (Å²) in [5.41, 5.74) is -0.0342. The highest BCUT2D eigenvalue weighted by atomic mass is 16.5. The topological polar surface area (TPSA) is 30.5 Å². The average Bonchev–Trinajstić information content (AvgIpc) is 1.82. The van der Waals surface area contributed by atoms with Gasteiger partial charge in [0.2, 0.25) is 0 Å². The highest BCUT2D eigenvalue weighted by molar-refractivity contribution is 4.88. The van der Waals surface area contributed by atoms with E-state index < -0.39 is 0 Å². The van der Waals surface area contributed by atoms with E-state index in [1.165, 1.54) is 0 Å². The quantitative estimate of drug-likeness (QED) is 0.685. The predicted molar refractivity (Wildman–Crippen MR) is 55.0 cm³/mol. The third-order valence-electron chi connectivity index (χ3n) is 1.69. The largest absolute Gasteiger partial charge is 0.383 e. The van der Waals surface area contributed by atoms with E-state index in [0.717, 1.165) is 0 Å². The Morgan fingerprint density at radius 3 is 1.38 bits per heavy atom. The molecule has 0 aromatic heterocycles. The lowest BCUT2D eigenvalue weighted by molar-refractivity contribution is 0.0710. The molecule has 1 N–H and O–H groups in total. The van der Waals surface area contributed by atoms with Gasteiger partial charge in [0.15, 0.2) is 0 Å². The molecule has 0 fully saturated rings. The first-order chi connectivity index (χ1) is 5.83. The Morgan fingerprint density at radius 1 is 0.846 bits per heavy atom. The van der Waals surface area contributed by atoms with E-state index in [4.69, 9.17) is 9.47 Å². The summed E-state index contributed by atoms with van der Waals surface area (Å²) in [6, 6.07) is 0. The number of nitrogens with one attached hydrogen (secondary N) is 1. The molecule has 0 aliphatic rings. The second kappa shape index (κ2) is 4.94. The van der Waals surface area contributed by atoms with Crippen molar-refractivity contribution in [3.8, 4) is 0 Å². The van der Waals surface area contributed by atoms with Gasteiger partial charge in [0.1, 0.15) is 0 Å². The van der Waals surface area contributed by atoms with Crippen LogP contribution in [0.3, 0.4) is 0 Å². The van der Waals surface area contributed by atoms with E-state index >= 15 is 0 Å². The summed E-state index contributed by atoms with van der Waals surface area (Å²) < 4.78 is 10.3. The molecule has 0 aliphatic heterocycles. The molecule has 0 unspecified atom stereocenters. The van der Waals surface area contributed by atoms with Gasteiger partial charge < -0.3 is 14.8 Å². The van der Waals surface area contributed by atoms with Crippen LogP contribution in [-0.2, 0) is 9.47 Å². The molecule has 0 bridgehead atoms. The van der Waals surface area contributed by atoms with Gasteiger partial charge in [0.25, 0.3) is 0 Å². The molecule has 80 valence electrons. The summed E-state index contributed by atoms with van der Waals surface area (Å²) in [7, 11) is 3.43. The van der Waals surface area contributed by atoms with Crippen LogP contribution >= 0.6 is 0 Å². The molecule has 0 rings (SSSR count). The number of methoxy groups -OCH3 is 2. The van der Waals surface area contributed by atoms with Gasteiger partial charge in [-0.2, -0.15) is 0 Å². The summed E-state index contributed by atoms with van der Waals surface area (Å²) >= 11 is 0. The van der Waals surface area contributed by atoms with E-state index in [1.54, 1.807) is 14.2 Å². The van der Waals surface area contributed by atoms with Gasteiger partial charge in [0.05, 0.1) is 13.2 Å². The highest BCUT2D eigenvalue weighted by Gasteiger charge is 2.27. The van der Waals surface area contributed by atoms with Crippen molar-refractivity contribution in [2.75, 3.05) is 27.4 Å². The number of hydrogen-bond donors (Lipinski definition) is 1. The fourth-order valence-electron chi connectivity index (χ4n) is 1.71. The lowest BCUT2D eigenvalue weighted by atomic mass is 9.99. The van der Waals surface area contributed by atoms with Crippen LogP contribution in [0, 0.1) is 0 Å². The van der Waals surface area contributed by atoms with Crippen molar-refractivity contribution in [2.24, 2.45) is 0 Å². The van der Waals surface area contributed by atoms with Crippen molar-refractivity contribution in [3.05, 3.63) is 0 Å². The van der Waals surface area contributed by atoms with Gasteiger partial charge in [-0.15, -0.1) is 0 Å². The Bertz CT molecular complexity index is 128. The molecule has 0 spiro atoms. The van der Waals surface area contributed by atoms with Gasteiger partial charge >= 0.3 is 0 Å². The van der Waals surface area contributed by atoms with Gasteiger partial charge in [-0.25, -0.2) is 0 Å². The molecule has 13 heavy (non-hydrogen) atoms. The molecule has 0 radical (unpaired) electrons. The van der Waals surface area contributed by atoms with Crippen molar-refractivity contribution in [2.45, 2.75) is 38.8 Å². The summed E-state index contributed by atoms with van der Waals surface area (Å²) in [4.78, 5) is 0. The Labute approximate surface area is 81.8 Å². The molecule has 0 aromatic rings. The van der Waals surface area contributed by atoms with Crippen molar-refractivity contribution >= 4 is 0 Å². The monoisotopic (exact) mass is 189 g/mol. The van der Waals surface area contributed by atoms with Crippen LogP contribution in [0.4, 0.5) is 0 Å². The molecule has 0 saturated heterocycles. The normalized spacial score (nSPS) is 13.4. The third-order valence-corrected chi connectivity index (χ3v) is 1.69. The lowest BCUT2D eigenvalue weighted by Crippen LogP contribution is -2.56. The molecular weight excluding hydrogens is 166 g/mol. The maximum absolute atomic E-state index is 5.13. The van der Waals surface area contributed by atoms with Gasteiger partial charge in [-0.05, 0) is 27.7 Å². The van der Waals surface area contributed by atoms with Crippen LogP contribution < -0.4 is 5.32 Å². The Kier molecular flexibility index (Phi) is 4.89. The van der Waals surface area contributed by atoms with E-state index in [1.807, 2.05) is 0 Å². The zero-order valence-corrected chi connectivity index (χ0v) is 9.73. The molecule has 0 heterocycles. The van der Waals surface area contributed by atoms with Crippen LogP contribution in [0.25, 0.3) is 0 Å². The minimum Gasteiger partial charge on any atom is -0.383 e. The minimum atomic E-state index is -0.0171. The SMILES string of the molecule is COCC(C)(C)NC(C)(C)COC. The van der Waals surface area contributed by atoms with Crippen molar-refractivity contribution in [1.29, 1.82) is 0 Å². The summed E-state index contributed by atoms with van der Waals surface area (Å²) in [5, 5.41) is 3.48. The minimum absolute atomic E-state index is 0.0171. The first kappa shape index (κ1) is 12.9. The number of hydrogen-bond acceptors (Lipinski definition) is 3. The Morgan fingerprint density at radius 2 is 1.15 bits per heavy atom. The van der Waals surface area contributed by atoms with Crippen LogP contribution in [0.1, 0.15) is 27.7 Å². The first-order valence-electron chi connectivity index (χ1n) is 4.60. The van der Waals surface area contributed by atoms with Crippen LogP contribution in [0.15, 0.2) is 0 Å². The third kappa shape index (κ3) is 6.02. The average molecular weight is 189 g/mol. The fourth-order valence-corrected chi connectivity index (χ4v) is 1.71. The predicted octanol–water partition coefficient (Wildman–Crippen LogP) is 1.43. The van der Waals surface area contributed by atoms with Crippen LogP contribution in [0.5, 0.6) is 0 Å². The van der Waals surface area contributed by atoms with E-state index in [0.29, 0.717) is 13.2 Å². The molecule has 0 aromatic carbocycles. The van der Waals surface area contributed by atoms with Gasteiger partial charge in [0, 0.05) is 25.3 Å². The summed E-state index contributed by atoms with van der Waals surface area (Å²) in [6.45, 7) is 9.87. The zero-order valence-electron chi connectivity index (χ0n) is 9.73. The number of rotatable bonds is 6. The molecule has 3 nitrogen and oxygen atoms in total. The van der Waals surface area contributed by atoms with E-state index in [2.05, 4.69) is 33.0 Å². The maximum atomic E-state index is 5.13. The first-order valence-corrected chi connectivity index (χ1v) is 4.60. The fraction of sp³-hybridized carbons (Fsp3) is 1.00. The maximum Gasteiger partial charge on any atom is 0.0639 e. The smallest absolute Gasteiger partial charge is 0.0639 e. The highest BCUT2D eigenvalue weighted by Crippen LogP contribution is 2.11. The van der Waals surface area contributed by atoms with Crippen LogP contribution in [0.2, 0.25) is 0 Å². The van der Waals surface area contributed by atoms with Crippen LogP contribution in [-0.4, -0.2) is 38.5 Å². The van der Waals surface area contributed by atoms with Crippen molar-refractivity contribution in [3.63, 3.8) is 0 Å². The molecular formula is C10H23NO2. The summed E-state index contributed by atoms with van der Waals surface area (Å²) in [6.07, 6.45) is 0. The standard InChI is InChI=1S/C10H23NO2/c1-9(2,7-12-5)11-10(3,4)8-13-6/h11H,7-8H2,1-6H3.